The summed E-state index contributed by atoms with van der Waals surface area (Å²) in [7, 11) is -3.68. The summed E-state index contributed by atoms with van der Waals surface area (Å²) < 4.78 is 28.9. The monoisotopic (exact) mass is 413 g/mol. The van der Waals surface area contributed by atoms with Gasteiger partial charge in [-0.05, 0) is 64.1 Å². The molecule has 0 bridgehead atoms. The largest absolute Gasteiger partial charge is 0.321 e. The molecule has 0 unspecified atom stereocenters. The number of pyridine rings is 1. The Balaban J connectivity index is 1.77. The number of carbonyl (C=O) groups is 1. The van der Waals surface area contributed by atoms with Crippen molar-refractivity contribution in [3.8, 4) is 5.82 Å². The molecule has 152 valence electrons. The van der Waals surface area contributed by atoms with Crippen LogP contribution < -0.4 is 10.0 Å². The van der Waals surface area contributed by atoms with Crippen LogP contribution in [0.1, 0.15) is 35.6 Å². The predicted octanol–water partition coefficient (Wildman–Crippen LogP) is 2.82. The number of benzene rings is 1. The Morgan fingerprint density at radius 1 is 1.10 bits per heavy atom. The minimum absolute atomic E-state index is 0.0388. The summed E-state index contributed by atoms with van der Waals surface area (Å²) in [6, 6.07) is 11.1. The summed E-state index contributed by atoms with van der Waals surface area (Å²) in [5, 5.41) is 7.11. The molecular formula is C20H23N5O3S. The molecule has 2 N–H and O–H groups in total. The summed E-state index contributed by atoms with van der Waals surface area (Å²) in [4.78, 5) is 16.9. The van der Waals surface area contributed by atoms with E-state index >= 15 is 0 Å². The maximum Gasteiger partial charge on any atom is 0.255 e. The summed E-state index contributed by atoms with van der Waals surface area (Å²) in [5.41, 5.74) is 2.58. The molecule has 0 spiro atoms. The van der Waals surface area contributed by atoms with Crippen molar-refractivity contribution < 1.29 is 13.2 Å². The van der Waals surface area contributed by atoms with Crippen molar-refractivity contribution in [2.75, 3.05) is 5.32 Å². The number of hydrogen-bond acceptors (Lipinski definition) is 5. The number of rotatable bonds is 6. The molecule has 0 saturated heterocycles. The molecule has 29 heavy (non-hydrogen) atoms. The molecule has 3 rings (SSSR count). The highest BCUT2D eigenvalue weighted by Gasteiger charge is 2.17. The molecule has 0 radical (unpaired) electrons. The van der Waals surface area contributed by atoms with Crippen molar-refractivity contribution in [1.29, 1.82) is 0 Å². The fraction of sp³-hybridized carbons (Fsp3) is 0.250. The van der Waals surface area contributed by atoms with Gasteiger partial charge >= 0.3 is 0 Å². The van der Waals surface area contributed by atoms with Gasteiger partial charge in [0.25, 0.3) is 5.91 Å². The van der Waals surface area contributed by atoms with Crippen LogP contribution in [-0.4, -0.2) is 35.1 Å². The fourth-order valence-corrected chi connectivity index (χ4v) is 4.13. The number of nitrogens with one attached hydrogen (secondary N) is 2. The summed E-state index contributed by atoms with van der Waals surface area (Å²) in [5.74, 6) is 0.216. The van der Waals surface area contributed by atoms with Crippen LogP contribution in [0.15, 0.2) is 53.6 Å². The van der Waals surface area contributed by atoms with Gasteiger partial charge in [-0.1, -0.05) is 6.07 Å². The first kappa shape index (κ1) is 20.7. The van der Waals surface area contributed by atoms with Crippen molar-refractivity contribution in [2.24, 2.45) is 0 Å². The van der Waals surface area contributed by atoms with Crippen LogP contribution in [0.2, 0.25) is 0 Å². The first-order chi connectivity index (χ1) is 13.7. The molecule has 1 amide bonds. The van der Waals surface area contributed by atoms with E-state index in [4.69, 9.17) is 0 Å². The predicted molar refractivity (Wildman–Crippen MR) is 111 cm³/mol. The lowest BCUT2D eigenvalue weighted by molar-refractivity contribution is 0.102. The summed E-state index contributed by atoms with van der Waals surface area (Å²) in [6.07, 6.45) is 1.53. The van der Waals surface area contributed by atoms with E-state index < -0.39 is 15.9 Å². The lowest BCUT2D eigenvalue weighted by Crippen LogP contribution is -2.30. The van der Waals surface area contributed by atoms with Crippen LogP contribution in [0.3, 0.4) is 0 Å². The Bertz CT molecular complexity index is 1140. The van der Waals surface area contributed by atoms with E-state index in [-0.39, 0.29) is 16.5 Å². The molecule has 0 saturated carbocycles. The molecule has 0 aliphatic rings. The Morgan fingerprint density at radius 2 is 1.86 bits per heavy atom. The van der Waals surface area contributed by atoms with Crippen molar-refractivity contribution in [3.05, 3.63) is 65.6 Å². The van der Waals surface area contributed by atoms with Crippen molar-refractivity contribution in [3.63, 3.8) is 0 Å². The van der Waals surface area contributed by atoms with Crippen molar-refractivity contribution in [2.45, 2.75) is 38.6 Å². The number of nitrogens with zero attached hydrogens (tertiary/aromatic N) is 3. The van der Waals surface area contributed by atoms with Crippen molar-refractivity contribution >= 4 is 21.6 Å². The first-order valence-corrected chi connectivity index (χ1v) is 10.6. The van der Waals surface area contributed by atoms with Crippen LogP contribution in [0.25, 0.3) is 5.82 Å². The van der Waals surface area contributed by atoms with Crippen LogP contribution in [0.5, 0.6) is 0 Å². The van der Waals surface area contributed by atoms with Gasteiger partial charge in [0.2, 0.25) is 10.0 Å². The highest BCUT2D eigenvalue weighted by atomic mass is 32.2. The average molecular weight is 414 g/mol. The Labute approximate surface area is 170 Å². The Morgan fingerprint density at radius 3 is 2.45 bits per heavy atom. The van der Waals surface area contributed by atoms with Gasteiger partial charge in [-0.3, -0.25) is 4.79 Å². The number of aryl methyl sites for hydroxylation is 2. The minimum atomic E-state index is -3.68. The minimum Gasteiger partial charge on any atom is -0.321 e. The highest BCUT2D eigenvalue weighted by molar-refractivity contribution is 7.89. The van der Waals surface area contributed by atoms with E-state index in [1.807, 2.05) is 19.9 Å². The lowest BCUT2D eigenvalue weighted by Gasteiger charge is -2.11. The molecule has 0 fully saturated rings. The Hall–Kier alpha value is -3.04. The van der Waals surface area contributed by atoms with Crippen LogP contribution in [-0.2, 0) is 10.0 Å². The van der Waals surface area contributed by atoms with Crippen molar-refractivity contribution in [1.82, 2.24) is 19.5 Å². The van der Waals surface area contributed by atoms with Crippen LogP contribution in [0.4, 0.5) is 5.69 Å². The first-order valence-electron chi connectivity index (χ1n) is 9.09. The number of carbonyl (C=O) groups excluding carboxylic acids is 1. The zero-order valence-electron chi connectivity index (χ0n) is 16.7. The fourth-order valence-electron chi connectivity index (χ4n) is 2.83. The average Bonchev–Trinajstić information content (AvgIpc) is 2.99. The van der Waals surface area contributed by atoms with E-state index in [9.17, 15) is 13.2 Å². The number of hydrogen-bond donors (Lipinski definition) is 2. The van der Waals surface area contributed by atoms with E-state index in [0.29, 0.717) is 11.5 Å². The molecule has 2 aromatic heterocycles. The molecule has 2 heterocycles. The Kier molecular flexibility index (Phi) is 5.81. The zero-order chi connectivity index (χ0) is 21.2. The number of sulfonamides is 1. The topological polar surface area (TPSA) is 106 Å². The highest BCUT2D eigenvalue weighted by Crippen LogP contribution is 2.16. The molecule has 3 aromatic rings. The van der Waals surface area contributed by atoms with Gasteiger partial charge in [-0.25, -0.2) is 22.8 Å². The number of aromatic nitrogens is 3. The quantitative estimate of drug-likeness (QED) is 0.646. The lowest BCUT2D eigenvalue weighted by atomic mass is 10.2. The zero-order valence-corrected chi connectivity index (χ0v) is 17.5. The maximum absolute atomic E-state index is 12.6. The second-order valence-electron chi connectivity index (χ2n) is 7.00. The smallest absolute Gasteiger partial charge is 0.255 e. The third-order valence-electron chi connectivity index (χ3n) is 4.03. The van der Waals surface area contributed by atoms with Crippen LogP contribution >= 0.6 is 0 Å². The van der Waals surface area contributed by atoms with E-state index in [0.717, 1.165) is 11.4 Å². The SMILES string of the molecule is Cc1cc(C)n(-c2ccc(NC(=O)c3cccc(S(=O)(=O)NC(C)C)c3)cn2)n1. The van der Waals surface area contributed by atoms with Gasteiger partial charge in [0.15, 0.2) is 5.82 Å². The van der Waals surface area contributed by atoms with Gasteiger partial charge < -0.3 is 5.32 Å². The molecule has 1 aromatic carbocycles. The van der Waals surface area contributed by atoms with E-state index in [1.54, 1.807) is 36.7 Å². The molecule has 0 atom stereocenters. The second kappa shape index (κ2) is 8.14. The van der Waals surface area contributed by atoms with Gasteiger partial charge in [0, 0.05) is 17.3 Å². The van der Waals surface area contributed by atoms with Gasteiger partial charge in [-0.15, -0.1) is 0 Å². The molecular weight excluding hydrogens is 390 g/mol. The standard InChI is InChI=1S/C20H23N5O3S/c1-13(2)24-29(27,28)18-7-5-6-16(11-18)20(26)22-17-8-9-19(21-12-17)25-15(4)10-14(3)23-25/h5-13,24H,1-4H3,(H,22,26). The molecule has 0 aliphatic carbocycles. The molecule has 0 aliphatic heterocycles. The molecule has 9 heteroatoms. The van der Waals surface area contributed by atoms with E-state index in [1.165, 1.54) is 24.4 Å². The third-order valence-corrected chi connectivity index (χ3v) is 5.69. The van der Waals surface area contributed by atoms with E-state index in [2.05, 4.69) is 20.1 Å². The number of anilines is 1. The van der Waals surface area contributed by atoms with Crippen LogP contribution in [0, 0.1) is 13.8 Å². The van der Waals surface area contributed by atoms with Gasteiger partial charge in [0.05, 0.1) is 22.5 Å². The normalized spacial score (nSPS) is 11.6. The summed E-state index contributed by atoms with van der Waals surface area (Å²) in [6.45, 7) is 7.31. The summed E-state index contributed by atoms with van der Waals surface area (Å²) >= 11 is 0. The molecule has 8 nitrogen and oxygen atoms in total. The maximum atomic E-state index is 12.6. The van der Waals surface area contributed by atoms with Gasteiger partial charge in [-0.2, -0.15) is 5.10 Å². The second-order valence-corrected chi connectivity index (χ2v) is 8.72. The van der Waals surface area contributed by atoms with Gasteiger partial charge in [0.1, 0.15) is 0 Å². The number of amides is 1. The third kappa shape index (κ3) is 4.87.